The molecular weight excluding hydrogens is 393 g/mol. The van der Waals surface area contributed by atoms with Crippen LogP contribution in [0.2, 0.25) is 0 Å². The lowest BCUT2D eigenvalue weighted by Gasteiger charge is -2.23. The van der Waals surface area contributed by atoms with Gasteiger partial charge >= 0.3 is 0 Å². The smallest absolute Gasteiger partial charge is 0.240 e. The molecule has 1 aliphatic heterocycles. The van der Waals surface area contributed by atoms with Crippen molar-refractivity contribution in [2.24, 2.45) is 0 Å². The van der Waals surface area contributed by atoms with Crippen molar-refractivity contribution in [3.05, 3.63) is 24.0 Å². The normalized spacial score (nSPS) is 18.4. The summed E-state index contributed by atoms with van der Waals surface area (Å²) >= 11 is 0. The molecule has 1 heterocycles. The highest BCUT2D eigenvalue weighted by molar-refractivity contribution is 7.92. The molecule has 144 valence electrons. The zero-order valence-corrected chi connectivity index (χ0v) is 16.2. The molecule has 1 aliphatic rings. The molecule has 0 amide bonds. The highest BCUT2D eigenvalue weighted by atomic mass is 35.5. The Hall–Kier alpha value is -0.940. The third-order valence-electron chi connectivity index (χ3n) is 3.61. The Kier molecular flexibility index (Phi) is 8.07. The summed E-state index contributed by atoms with van der Waals surface area (Å²) in [5, 5.41) is 3.09. The van der Waals surface area contributed by atoms with Crippen molar-refractivity contribution in [2.75, 3.05) is 23.6 Å². The van der Waals surface area contributed by atoms with Gasteiger partial charge in [0.1, 0.15) is 5.82 Å². The second-order valence-corrected chi connectivity index (χ2v) is 9.28. The van der Waals surface area contributed by atoms with E-state index in [0.29, 0.717) is 19.4 Å². The van der Waals surface area contributed by atoms with Gasteiger partial charge in [-0.15, -0.1) is 12.4 Å². The second-order valence-electron chi connectivity index (χ2n) is 5.73. The number of sulfonamides is 2. The summed E-state index contributed by atoms with van der Waals surface area (Å²) in [5.41, 5.74) is -0.262. The summed E-state index contributed by atoms with van der Waals surface area (Å²) in [6, 6.07) is 2.89. The van der Waals surface area contributed by atoms with E-state index in [1.165, 1.54) is 6.07 Å². The van der Waals surface area contributed by atoms with E-state index in [4.69, 9.17) is 0 Å². The lowest BCUT2D eigenvalue weighted by Crippen LogP contribution is -2.45. The fourth-order valence-corrected chi connectivity index (χ4v) is 4.89. The number of piperidine rings is 1. The van der Waals surface area contributed by atoms with Gasteiger partial charge in [-0.25, -0.2) is 25.9 Å². The van der Waals surface area contributed by atoms with Crippen molar-refractivity contribution in [3.8, 4) is 0 Å². The number of hydrogen-bond acceptors (Lipinski definition) is 5. The second kappa shape index (κ2) is 9.13. The first-order valence-corrected chi connectivity index (χ1v) is 10.9. The van der Waals surface area contributed by atoms with Gasteiger partial charge in [-0.05, 0) is 44.0 Å². The van der Waals surface area contributed by atoms with Gasteiger partial charge < -0.3 is 5.32 Å². The predicted octanol–water partition coefficient (Wildman–Crippen LogP) is 1.43. The Labute approximate surface area is 154 Å². The summed E-state index contributed by atoms with van der Waals surface area (Å²) in [6.07, 6.45) is 1.96. The third kappa shape index (κ3) is 6.37. The average molecular weight is 416 g/mol. The molecule has 3 N–H and O–H groups in total. The van der Waals surface area contributed by atoms with Crippen LogP contribution in [0.4, 0.5) is 10.1 Å². The number of rotatable bonds is 7. The number of anilines is 1. The Morgan fingerprint density at radius 2 is 2.00 bits per heavy atom. The fraction of sp³-hybridized carbons (Fsp3) is 0.571. The van der Waals surface area contributed by atoms with Crippen LogP contribution in [0.1, 0.15) is 26.2 Å². The minimum Gasteiger partial charge on any atom is -0.315 e. The highest BCUT2D eigenvalue weighted by Crippen LogP contribution is 2.21. The minimum atomic E-state index is -3.86. The van der Waals surface area contributed by atoms with E-state index < -0.39 is 25.9 Å². The number of hydrogen-bond donors (Lipinski definition) is 3. The van der Waals surface area contributed by atoms with Crippen LogP contribution in [-0.2, 0) is 20.0 Å². The van der Waals surface area contributed by atoms with Crippen LogP contribution in [0.15, 0.2) is 23.1 Å². The van der Waals surface area contributed by atoms with E-state index >= 15 is 0 Å². The maximum Gasteiger partial charge on any atom is 0.240 e. The van der Waals surface area contributed by atoms with Crippen LogP contribution in [0.25, 0.3) is 0 Å². The van der Waals surface area contributed by atoms with E-state index in [9.17, 15) is 21.2 Å². The van der Waals surface area contributed by atoms with Gasteiger partial charge in [-0.1, -0.05) is 6.92 Å². The van der Waals surface area contributed by atoms with E-state index in [1.54, 1.807) is 6.92 Å². The quantitative estimate of drug-likeness (QED) is 0.624. The van der Waals surface area contributed by atoms with Gasteiger partial charge in [0, 0.05) is 12.6 Å². The number of nitrogens with one attached hydrogen (secondary N) is 3. The van der Waals surface area contributed by atoms with Crippen molar-refractivity contribution in [1.82, 2.24) is 10.0 Å². The summed E-state index contributed by atoms with van der Waals surface area (Å²) in [4.78, 5) is -0.232. The molecule has 1 fully saturated rings. The van der Waals surface area contributed by atoms with Crippen LogP contribution in [0.5, 0.6) is 0 Å². The Morgan fingerprint density at radius 1 is 1.28 bits per heavy atom. The molecule has 0 bridgehead atoms. The molecule has 25 heavy (non-hydrogen) atoms. The Bertz CT molecular complexity index is 781. The van der Waals surface area contributed by atoms with Crippen LogP contribution in [0.3, 0.4) is 0 Å². The molecule has 1 unspecified atom stereocenters. The average Bonchev–Trinajstić information content (AvgIpc) is 2.49. The van der Waals surface area contributed by atoms with E-state index in [-0.39, 0.29) is 34.8 Å². The third-order valence-corrected chi connectivity index (χ3v) is 6.60. The van der Waals surface area contributed by atoms with Gasteiger partial charge in [-0.2, -0.15) is 0 Å². The molecular formula is C14H23ClFN3O4S2. The molecule has 1 atom stereocenters. The van der Waals surface area contributed by atoms with Crippen molar-refractivity contribution < 1.29 is 21.2 Å². The largest absolute Gasteiger partial charge is 0.315 e. The van der Waals surface area contributed by atoms with Crippen LogP contribution >= 0.6 is 12.4 Å². The molecule has 0 saturated carbocycles. The molecule has 7 nitrogen and oxygen atoms in total. The van der Waals surface area contributed by atoms with Gasteiger partial charge in [0.05, 0.1) is 16.3 Å². The molecule has 1 saturated heterocycles. The topological polar surface area (TPSA) is 104 Å². The zero-order chi connectivity index (χ0) is 17.8. The molecule has 1 aromatic carbocycles. The van der Waals surface area contributed by atoms with Crippen LogP contribution in [-0.4, -0.2) is 41.7 Å². The highest BCUT2D eigenvalue weighted by Gasteiger charge is 2.23. The molecule has 0 spiro atoms. The minimum absolute atomic E-state index is 0. The molecule has 1 aromatic rings. The monoisotopic (exact) mass is 415 g/mol. The Morgan fingerprint density at radius 3 is 2.56 bits per heavy atom. The molecule has 11 heteroatoms. The van der Waals surface area contributed by atoms with Gasteiger partial charge in [-0.3, -0.25) is 4.72 Å². The summed E-state index contributed by atoms with van der Waals surface area (Å²) in [7, 11) is -7.50. The number of benzene rings is 1. The molecule has 0 radical (unpaired) electrons. The van der Waals surface area contributed by atoms with E-state index in [2.05, 4.69) is 14.8 Å². The first-order chi connectivity index (χ1) is 11.2. The van der Waals surface area contributed by atoms with Crippen molar-refractivity contribution in [1.29, 1.82) is 0 Å². The van der Waals surface area contributed by atoms with Crippen molar-refractivity contribution >= 4 is 38.1 Å². The summed E-state index contributed by atoms with van der Waals surface area (Å²) < 4.78 is 66.7. The van der Waals surface area contributed by atoms with E-state index in [1.807, 2.05) is 0 Å². The molecule has 0 aliphatic carbocycles. The zero-order valence-electron chi connectivity index (χ0n) is 13.8. The van der Waals surface area contributed by atoms with Crippen LogP contribution < -0.4 is 14.8 Å². The SMILES string of the molecule is CCCS(=O)(=O)Nc1ccc(S(=O)(=O)NC2CCCNC2)cc1F.Cl. The standard InChI is InChI=1S/C14H22FN3O4S2.ClH/c1-2-8-23(19,20)18-14-6-5-12(9-13(14)15)24(21,22)17-11-4-3-7-16-10-11;/h5-6,9,11,16-18H,2-4,7-8,10H2,1H3;1H. The van der Waals surface area contributed by atoms with Crippen molar-refractivity contribution in [2.45, 2.75) is 37.1 Å². The maximum absolute atomic E-state index is 14.1. The fourth-order valence-electron chi connectivity index (χ4n) is 2.47. The molecule has 0 aromatic heterocycles. The summed E-state index contributed by atoms with van der Waals surface area (Å²) in [6.45, 7) is 3.06. The number of halogens is 2. The van der Waals surface area contributed by atoms with Gasteiger partial charge in [0.2, 0.25) is 20.0 Å². The van der Waals surface area contributed by atoms with Crippen molar-refractivity contribution in [3.63, 3.8) is 0 Å². The first-order valence-electron chi connectivity index (χ1n) is 7.76. The van der Waals surface area contributed by atoms with Gasteiger partial charge in [0.15, 0.2) is 0 Å². The maximum atomic E-state index is 14.1. The molecule has 2 rings (SSSR count). The predicted molar refractivity (Wildman–Crippen MR) is 97.6 cm³/mol. The van der Waals surface area contributed by atoms with Crippen LogP contribution in [0, 0.1) is 5.82 Å². The van der Waals surface area contributed by atoms with E-state index in [0.717, 1.165) is 25.1 Å². The Balaban J connectivity index is 0.00000312. The summed E-state index contributed by atoms with van der Waals surface area (Å²) in [5.74, 6) is -1.07. The lowest BCUT2D eigenvalue weighted by molar-refractivity contribution is 0.428. The lowest BCUT2D eigenvalue weighted by atomic mass is 10.1. The first kappa shape index (κ1) is 22.1. The van der Waals surface area contributed by atoms with Gasteiger partial charge in [0.25, 0.3) is 0 Å².